The van der Waals surface area contributed by atoms with E-state index in [-0.39, 0.29) is 11.0 Å². The van der Waals surface area contributed by atoms with E-state index in [4.69, 9.17) is 13.9 Å². The lowest BCUT2D eigenvalue weighted by Crippen LogP contribution is -2.10. The first-order valence-electron chi connectivity index (χ1n) is 9.62. The number of ether oxygens (including phenoxy) is 2. The fraction of sp³-hybridized carbons (Fsp3) is 0.240. The zero-order chi connectivity index (χ0) is 20.6. The Balaban J connectivity index is 1.61. The molecule has 0 saturated carbocycles. The van der Waals surface area contributed by atoms with Crippen LogP contribution in [0, 0.1) is 0 Å². The van der Waals surface area contributed by atoms with E-state index >= 15 is 0 Å². The van der Waals surface area contributed by atoms with Crippen LogP contribution in [-0.4, -0.2) is 7.11 Å². The molecule has 148 valence electrons. The number of hydrogen-bond acceptors (Lipinski definition) is 4. The van der Waals surface area contributed by atoms with Crippen LogP contribution in [0.15, 0.2) is 69.9 Å². The molecule has 4 aromatic rings. The predicted octanol–water partition coefficient (Wildman–Crippen LogP) is 5.83. The Hall–Kier alpha value is -3.27. The first-order chi connectivity index (χ1) is 13.8. The van der Waals surface area contributed by atoms with Crippen LogP contribution in [0.25, 0.3) is 21.7 Å². The van der Waals surface area contributed by atoms with Crippen LogP contribution in [-0.2, 0) is 12.0 Å². The summed E-state index contributed by atoms with van der Waals surface area (Å²) in [6.45, 7) is 7.04. The smallest absolute Gasteiger partial charge is 0.344 e. The van der Waals surface area contributed by atoms with E-state index in [0.29, 0.717) is 29.1 Å². The molecule has 1 heterocycles. The summed E-state index contributed by atoms with van der Waals surface area (Å²) < 4.78 is 16.7. The number of rotatable bonds is 4. The van der Waals surface area contributed by atoms with Gasteiger partial charge in [0.05, 0.1) is 12.5 Å². The Morgan fingerprint density at radius 3 is 2.21 bits per heavy atom. The Morgan fingerprint density at radius 1 is 0.828 bits per heavy atom. The highest BCUT2D eigenvalue weighted by Crippen LogP contribution is 2.29. The van der Waals surface area contributed by atoms with Gasteiger partial charge in [-0.25, -0.2) is 4.79 Å². The molecule has 0 radical (unpaired) electrons. The third-order valence-electron chi connectivity index (χ3n) is 5.12. The highest BCUT2D eigenvalue weighted by Gasteiger charge is 2.13. The highest BCUT2D eigenvalue weighted by molar-refractivity contribution is 6.04. The summed E-state index contributed by atoms with van der Waals surface area (Å²) in [5, 5.41) is 2.20. The van der Waals surface area contributed by atoms with Crippen molar-refractivity contribution in [1.29, 1.82) is 0 Å². The Morgan fingerprint density at radius 2 is 1.52 bits per heavy atom. The Kier molecular flexibility index (Phi) is 4.79. The average Bonchev–Trinajstić information content (AvgIpc) is 2.71. The number of fused-ring (bicyclic) bond motifs is 3. The number of benzene rings is 3. The molecule has 0 spiro atoms. The minimum atomic E-state index is -0.388. The maximum absolute atomic E-state index is 12.4. The lowest BCUT2D eigenvalue weighted by molar-refractivity contribution is 0.306. The van der Waals surface area contributed by atoms with Crippen molar-refractivity contribution in [2.45, 2.75) is 32.8 Å². The summed E-state index contributed by atoms with van der Waals surface area (Å²) in [4.78, 5) is 12.4. The molecule has 4 heteroatoms. The first-order valence-corrected chi connectivity index (χ1v) is 9.62. The maximum Gasteiger partial charge on any atom is 0.344 e. The standard InChI is InChI=1S/C25H24O4/c1-25(2,3)17-7-5-16(6-8-17)15-28-19-10-12-21-20-11-9-18(27-4)13-22(20)24(26)29-23(21)14-19/h5-14H,15H2,1-4H3. The second-order valence-electron chi connectivity index (χ2n) is 8.19. The molecular formula is C25H24O4. The van der Waals surface area contributed by atoms with E-state index in [1.165, 1.54) is 5.56 Å². The Labute approximate surface area is 169 Å². The summed E-state index contributed by atoms with van der Waals surface area (Å²) >= 11 is 0. The van der Waals surface area contributed by atoms with Gasteiger partial charge in [-0.3, -0.25) is 0 Å². The van der Waals surface area contributed by atoms with Crippen molar-refractivity contribution in [3.8, 4) is 11.5 Å². The van der Waals surface area contributed by atoms with Gasteiger partial charge in [0.15, 0.2) is 0 Å². The largest absolute Gasteiger partial charge is 0.497 e. The second-order valence-corrected chi connectivity index (χ2v) is 8.19. The van der Waals surface area contributed by atoms with Crippen LogP contribution in [0.2, 0.25) is 0 Å². The van der Waals surface area contributed by atoms with Crippen molar-refractivity contribution < 1.29 is 13.9 Å². The quantitative estimate of drug-likeness (QED) is 0.326. The summed E-state index contributed by atoms with van der Waals surface area (Å²) in [7, 11) is 1.57. The Bertz CT molecular complexity index is 1230. The van der Waals surface area contributed by atoms with Crippen LogP contribution >= 0.6 is 0 Å². The van der Waals surface area contributed by atoms with E-state index in [0.717, 1.165) is 16.3 Å². The zero-order valence-electron chi connectivity index (χ0n) is 17.1. The molecule has 0 unspecified atom stereocenters. The van der Waals surface area contributed by atoms with Crippen molar-refractivity contribution in [2.75, 3.05) is 7.11 Å². The van der Waals surface area contributed by atoms with Gasteiger partial charge in [0, 0.05) is 16.8 Å². The molecule has 4 rings (SSSR count). The fourth-order valence-corrected chi connectivity index (χ4v) is 3.38. The molecule has 0 aliphatic rings. The molecule has 0 N–H and O–H groups in total. The molecule has 3 aromatic carbocycles. The van der Waals surface area contributed by atoms with Crippen molar-refractivity contribution in [2.24, 2.45) is 0 Å². The van der Waals surface area contributed by atoms with Gasteiger partial charge in [0.25, 0.3) is 0 Å². The minimum absolute atomic E-state index is 0.127. The maximum atomic E-state index is 12.4. The SMILES string of the molecule is COc1ccc2c(c1)c(=O)oc1cc(OCc3ccc(C(C)(C)C)cc3)ccc12. The van der Waals surface area contributed by atoms with Gasteiger partial charge >= 0.3 is 5.63 Å². The van der Waals surface area contributed by atoms with E-state index in [9.17, 15) is 4.79 Å². The van der Waals surface area contributed by atoms with Crippen LogP contribution < -0.4 is 15.1 Å². The average molecular weight is 388 g/mol. The summed E-state index contributed by atoms with van der Waals surface area (Å²) in [6.07, 6.45) is 0. The van der Waals surface area contributed by atoms with Gasteiger partial charge < -0.3 is 13.9 Å². The van der Waals surface area contributed by atoms with Crippen LogP contribution in [0.1, 0.15) is 31.9 Å². The minimum Gasteiger partial charge on any atom is -0.497 e. The highest BCUT2D eigenvalue weighted by atomic mass is 16.5. The molecule has 0 amide bonds. The monoisotopic (exact) mass is 388 g/mol. The van der Waals surface area contributed by atoms with E-state index in [1.54, 1.807) is 19.2 Å². The number of methoxy groups -OCH3 is 1. The van der Waals surface area contributed by atoms with Crippen LogP contribution in [0.3, 0.4) is 0 Å². The first kappa shape index (κ1) is 19.1. The third-order valence-corrected chi connectivity index (χ3v) is 5.12. The molecule has 0 saturated heterocycles. The summed E-state index contributed by atoms with van der Waals surface area (Å²) in [5.74, 6) is 1.29. The molecule has 0 atom stereocenters. The van der Waals surface area contributed by atoms with Gasteiger partial charge in [0.2, 0.25) is 0 Å². The van der Waals surface area contributed by atoms with Gasteiger partial charge in [0.1, 0.15) is 23.7 Å². The fourth-order valence-electron chi connectivity index (χ4n) is 3.38. The van der Waals surface area contributed by atoms with Crippen molar-refractivity contribution >= 4 is 21.7 Å². The third kappa shape index (κ3) is 3.83. The topological polar surface area (TPSA) is 48.7 Å². The molecule has 1 aromatic heterocycles. The normalized spacial score (nSPS) is 11.7. The molecule has 0 aliphatic heterocycles. The predicted molar refractivity (Wildman–Crippen MR) is 116 cm³/mol. The summed E-state index contributed by atoms with van der Waals surface area (Å²) in [6, 6.07) is 19.5. The van der Waals surface area contributed by atoms with Gasteiger partial charge in [-0.05, 0) is 46.9 Å². The molecule has 0 aliphatic carbocycles. The van der Waals surface area contributed by atoms with Gasteiger partial charge in [-0.15, -0.1) is 0 Å². The van der Waals surface area contributed by atoms with E-state index < -0.39 is 0 Å². The lowest BCUT2D eigenvalue weighted by atomic mass is 9.87. The summed E-state index contributed by atoms with van der Waals surface area (Å²) in [5.41, 5.74) is 2.62. The van der Waals surface area contributed by atoms with Gasteiger partial charge in [-0.2, -0.15) is 0 Å². The van der Waals surface area contributed by atoms with Gasteiger partial charge in [-0.1, -0.05) is 45.0 Å². The molecule has 0 fully saturated rings. The molecule has 0 bridgehead atoms. The molecular weight excluding hydrogens is 364 g/mol. The van der Waals surface area contributed by atoms with Crippen molar-refractivity contribution in [3.63, 3.8) is 0 Å². The zero-order valence-corrected chi connectivity index (χ0v) is 17.1. The van der Waals surface area contributed by atoms with Crippen molar-refractivity contribution in [1.82, 2.24) is 0 Å². The van der Waals surface area contributed by atoms with E-state index in [1.807, 2.05) is 24.3 Å². The van der Waals surface area contributed by atoms with E-state index in [2.05, 4.69) is 45.0 Å². The van der Waals surface area contributed by atoms with Crippen molar-refractivity contribution in [3.05, 3.63) is 82.2 Å². The molecule has 29 heavy (non-hydrogen) atoms. The van der Waals surface area contributed by atoms with Crippen LogP contribution in [0.5, 0.6) is 11.5 Å². The number of hydrogen-bond donors (Lipinski definition) is 0. The lowest BCUT2D eigenvalue weighted by Gasteiger charge is -2.19. The molecule has 4 nitrogen and oxygen atoms in total. The van der Waals surface area contributed by atoms with Crippen LogP contribution in [0.4, 0.5) is 0 Å². The second kappa shape index (κ2) is 7.28.